The van der Waals surface area contributed by atoms with Crippen LogP contribution in [0.1, 0.15) is 0 Å². The van der Waals surface area contributed by atoms with Gasteiger partial charge in [0.05, 0.1) is 22.1 Å². The second-order valence-electron chi connectivity index (χ2n) is 13.3. The average molecular weight is 721 g/mol. The van der Waals surface area contributed by atoms with E-state index in [0.717, 1.165) is 61.4 Å². The van der Waals surface area contributed by atoms with Crippen LogP contribution in [-0.4, -0.2) is 9.13 Å². The standard InChI is InChI=1S/C48H31Cl2N3/c49-34-26-33(27-35(50)29-34)32-20-24-46-43(28-32)42-23-21-40(31-48(42)53(46)38-16-8-3-9-17-38)51(36-12-4-1-5-13-36)39-22-25-47-44(30-39)41-18-10-11-19-45(41)52(47)37-14-6-2-7-15-37/h1-31H. The minimum Gasteiger partial charge on any atom is -0.310 e. The van der Waals surface area contributed by atoms with Crippen LogP contribution in [0.3, 0.4) is 0 Å². The monoisotopic (exact) mass is 719 g/mol. The van der Waals surface area contributed by atoms with Crippen molar-refractivity contribution in [3.05, 3.63) is 198 Å². The van der Waals surface area contributed by atoms with E-state index in [1.54, 1.807) is 6.07 Å². The highest BCUT2D eigenvalue weighted by atomic mass is 35.5. The SMILES string of the molecule is Clc1cc(Cl)cc(-c2ccc3c(c2)c2ccc(N(c4ccccc4)c4ccc5c(c4)c4ccccc4n5-c4ccccc4)cc2n3-c2ccccc2)c1. The Balaban J connectivity index is 1.20. The van der Waals surface area contributed by atoms with Gasteiger partial charge in [0.2, 0.25) is 0 Å². The zero-order chi connectivity index (χ0) is 35.5. The van der Waals surface area contributed by atoms with Crippen LogP contribution < -0.4 is 4.90 Å². The van der Waals surface area contributed by atoms with Gasteiger partial charge in [0.25, 0.3) is 0 Å². The van der Waals surface area contributed by atoms with Gasteiger partial charge in [-0.05, 0) is 114 Å². The Labute approximate surface area is 317 Å². The van der Waals surface area contributed by atoms with Gasteiger partial charge in [-0.15, -0.1) is 0 Å². The predicted octanol–water partition coefficient (Wildman–Crippen LogP) is 14.3. The first-order valence-electron chi connectivity index (χ1n) is 17.6. The summed E-state index contributed by atoms with van der Waals surface area (Å²) < 4.78 is 4.72. The molecule has 3 nitrogen and oxygen atoms in total. The van der Waals surface area contributed by atoms with Gasteiger partial charge in [0.1, 0.15) is 0 Å². The molecule has 252 valence electrons. The van der Waals surface area contributed by atoms with Crippen LogP contribution in [0, 0.1) is 0 Å². The summed E-state index contributed by atoms with van der Waals surface area (Å²) in [5.41, 5.74) is 12.1. The van der Waals surface area contributed by atoms with E-state index in [1.165, 1.54) is 21.8 Å². The normalized spacial score (nSPS) is 11.6. The summed E-state index contributed by atoms with van der Waals surface area (Å²) in [7, 11) is 0. The third-order valence-corrected chi connectivity index (χ3v) is 10.6. The summed E-state index contributed by atoms with van der Waals surface area (Å²) in [5, 5.41) is 5.98. The number of benzene rings is 8. The molecule has 53 heavy (non-hydrogen) atoms. The van der Waals surface area contributed by atoms with E-state index in [0.29, 0.717) is 10.0 Å². The molecule has 5 heteroatoms. The number of hydrogen-bond donors (Lipinski definition) is 0. The van der Waals surface area contributed by atoms with Crippen molar-refractivity contribution in [1.29, 1.82) is 0 Å². The van der Waals surface area contributed by atoms with E-state index < -0.39 is 0 Å². The number of aromatic nitrogens is 2. The Hall–Kier alpha value is -6.26. The van der Waals surface area contributed by atoms with E-state index in [2.05, 4.69) is 184 Å². The summed E-state index contributed by atoms with van der Waals surface area (Å²) >= 11 is 12.9. The lowest BCUT2D eigenvalue weighted by Crippen LogP contribution is -2.10. The summed E-state index contributed by atoms with van der Waals surface area (Å²) in [5.74, 6) is 0. The largest absolute Gasteiger partial charge is 0.310 e. The quantitative estimate of drug-likeness (QED) is 0.167. The van der Waals surface area contributed by atoms with Crippen LogP contribution in [0.4, 0.5) is 17.1 Å². The maximum absolute atomic E-state index is 6.44. The molecule has 0 bridgehead atoms. The van der Waals surface area contributed by atoms with Crippen molar-refractivity contribution in [2.75, 3.05) is 4.90 Å². The second-order valence-corrected chi connectivity index (χ2v) is 14.2. The van der Waals surface area contributed by atoms with Gasteiger partial charge in [-0.1, -0.05) is 108 Å². The first kappa shape index (κ1) is 31.5. The molecular weight excluding hydrogens is 689 g/mol. The lowest BCUT2D eigenvalue weighted by atomic mass is 10.0. The molecule has 2 heterocycles. The van der Waals surface area contributed by atoms with Gasteiger partial charge < -0.3 is 14.0 Å². The summed E-state index contributed by atoms with van der Waals surface area (Å²) in [6, 6.07) is 66.5. The highest BCUT2D eigenvalue weighted by Crippen LogP contribution is 2.43. The molecule has 0 radical (unpaired) electrons. The van der Waals surface area contributed by atoms with Gasteiger partial charge in [0.15, 0.2) is 0 Å². The molecule has 0 aliphatic carbocycles. The number of halogens is 2. The molecular formula is C48H31Cl2N3. The van der Waals surface area contributed by atoms with Crippen LogP contribution in [0.2, 0.25) is 10.0 Å². The van der Waals surface area contributed by atoms with Crippen LogP contribution in [0.5, 0.6) is 0 Å². The Morgan fingerprint density at radius 2 is 0.830 bits per heavy atom. The van der Waals surface area contributed by atoms with Crippen LogP contribution in [0.15, 0.2) is 188 Å². The maximum Gasteiger partial charge on any atom is 0.0561 e. The molecule has 2 aromatic heterocycles. The smallest absolute Gasteiger partial charge is 0.0561 e. The molecule has 0 atom stereocenters. The van der Waals surface area contributed by atoms with E-state index in [-0.39, 0.29) is 0 Å². The molecule has 0 saturated heterocycles. The number of hydrogen-bond acceptors (Lipinski definition) is 1. The molecule has 0 N–H and O–H groups in total. The van der Waals surface area contributed by atoms with Crippen molar-refractivity contribution in [2.24, 2.45) is 0 Å². The molecule has 0 unspecified atom stereocenters. The minimum atomic E-state index is 0.618. The zero-order valence-corrected chi connectivity index (χ0v) is 30.0. The Morgan fingerprint density at radius 1 is 0.321 bits per heavy atom. The summed E-state index contributed by atoms with van der Waals surface area (Å²) in [6.07, 6.45) is 0. The molecule has 0 aliphatic heterocycles. The van der Waals surface area contributed by atoms with Crippen LogP contribution >= 0.6 is 23.2 Å². The van der Waals surface area contributed by atoms with Crippen LogP contribution in [0.25, 0.3) is 66.1 Å². The van der Waals surface area contributed by atoms with Crippen molar-refractivity contribution in [3.8, 4) is 22.5 Å². The average Bonchev–Trinajstić information content (AvgIpc) is 3.70. The highest BCUT2D eigenvalue weighted by Gasteiger charge is 2.20. The number of fused-ring (bicyclic) bond motifs is 6. The van der Waals surface area contributed by atoms with Gasteiger partial charge in [-0.2, -0.15) is 0 Å². The lowest BCUT2D eigenvalue weighted by molar-refractivity contribution is 1.17. The highest BCUT2D eigenvalue weighted by molar-refractivity contribution is 6.35. The van der Waals surface area contributed by atoms with Crippen molar-refractivity contribution >= 4 is 83.9 Å². The third kappa shape index (κ3) is 5.36. The van der Waals surface area contributed by atoms with Crippen molar-refractivity contribution in [2.45, 2.75) is 0 Å². The third-order valence-electron chi connectivity index (χ3n) is 10.2. The topological polar surface area (TPSA) is 13.1 Å². The fourth-order valence-corrected chi connectivity index (χ4v) is 8.41. The molecule has 0 aliphatic rings. The van der Waals surface area contributed by atoms with E-state index in [4.69, 9.17) is 23.2 Å². The first-order valence-corrected chi connectivity index (χ1v) is 18.4. The van der Waals surface area contributed by atoms with E-state index >= 15 is 0 Å². The van der Waals surface area contributed by atoms with Crippen molar-refractivity contribution in [3.63, 3.8) is 0 Å². The number of para-hydroxylation sites is 4. The Bertz CT molecular complexity index is 2950. The fraction of sp³-hybridized carbons (Fsp3) is 0. The summed E-state index contributed by atoms with van der Waals surface area (Å²) in [6.45, 7) is 0. The second kappa shape index (κ2) is 12.8. The number of rotatable bonds is 6. The molecule has 0 amide bonds. The van der Waals surface area contributed by atoms with Gasteiger partial charge in [-0.25, -0.2) is 0 Å². The fourth-order valence-electron chi connectivity index (χ4n) is 7.88. The Kier molecular flexibility index (Phi) is 7.57. The van der Waals surface area contributed by atoms with E-state index in [1.807, 2.05) is 12.1 Å². The zero-order valence-electron chi connectivity index (χ0n) is 28.5. The molecule has 10 aromatic rings. The number of nitrogens with zero attached hydrogens (tertiary/aromatic N) is 3. The molecule has 8 aromatic carbocycles. The van der Waals surface area contributed by atoms with E-state index in [9.17, 15) is 0 Å². The van der Waals surface area contributed by atoms with Crippen molar-refractivity contribution in [1.82, 2.24) is 9.13 Å². The molecule has 0 fully saturated rings. The maximum atomic E-state index is 6.44. The summed E-state index contributed by atoms with van der Waals surface area (Å²) in [4.78, 5) is 2.36. The molecule has 0 saturated carbocycles. The minimum absolute atomic E-state index is 0.618. The first-order chi connectivity index (χ1) is 26.1. The number of anilines is 3. The lowest BCUT2D eigenvalue weighted by Gasteiger charge is -2.26. The Morgan fingerprint density at radius 3 is 1.53 bits per heavy atom. The molecule has 0 spiro atoms. The van der Waals surface area contributed by atoms with Crippen LogP contribution in [-0.2, 0) is 0 Å². The molecule has 10 rings (SSSR count). The predicted molar refractivity (Wildman–Crippen MR) is 225 cm³/mol. The van der Waals surface area contributed by atoms with Gasteiger partial charge in [0, 0.05) is 60.0 Å². The van der Waals surface area contributed by atoms with Gasteiger partial charge >= 0.3 is 0 Å². The van der Waals surface area contributed by atoms with Crippen molar-refractivity contribution < 1.29 is 0 Å². The van der Waals surface area contributed by atoms with Gasteiger partial charge in [-0.3, -0.25) is 0 Å².